The second kappa shape index (κ2) is 7.13. The average molecular weight is 283 g/mol. The van der Waals surface area contributed by atoms with Crippen molar-refractivity contribution in [1.82, 2.24) is 4.90 Å². The molecule has 1 saturated carbocycles. The van der Waals surface area contributed by atoms with Gasteiger partial charge in [-0.3, -0.25) is 0 Å². The lowest BCUT2D eigenvalue weighted by atomic mass is 9.91. The second-order valence-electron chi connectivity index (χ2n) is 5.35. The number of hydrogen-bond donors (Lipinski definition) is 1. The molecule has 0 radical (unpaired) electrons. The lowest BCUT2D eigenvalue weighted by molar-refractivity contribution is 0.154. The Labute approximate surface area is 120 Å². The summed E-state index contributed by atoms with van der Waals surface area (Å²) in [4.78, 5) is 2.39. The van der Waals surface area contributed by atoms with Crippen LogP contribution >= 0.6 is 11.6 Å². The number of hydrogen-bond acceptors (Lipinski definition) is 3. The molecule has 0 saturated heterocycles. The molecule has 1 aromatic rings. The molecule has 0 unspecified atom stereocenters. The zero-order chi connectivity index (χ0) is 13.7. The highest BCUT2D eigenvalue weighted by Gasteiger charge is 2.21. The zero-order valence-corrected chi connectivity index (χ0v) is 12.3. The van der Waals surface area contributed by atoms with Crippen LogP contribution in [-0.2, 0) is 0 Å². The summed E-state index contributed by atoms with van der Waals surface area (Å²) >= 11 is 5.84. The summed E-state index contributed by atoms with van der Waals surface area (Å²) in [7, 11) is 2.17. The maximum atomic E-state index is 5.93. The fraction of sp³-hybridized carbons (Fsp3) is 0.600. The van der Waals surface area contributed by atoms with E-state index in [1.54, 1.807) is 0 Å². The van der Waals surface area contributed by atoms with Crippen molar-refractivity contribution in [3.8, 4) is 5.75 Å². The summed E-state index contributed by atoms with van der Waals surface area (Å²) in [5, 5.41) is 0.739. The fourth-order valence-electron chi connectivity index (χ4n) is 2.56. The largest absolute Gasteiger partial charge is 0.492 e. The number of ether oxygens (including phenoxy) is 1. The SMILES string of the molecule is CN(CCOc1ccc(Cl)cc1)C1CCC(N)CC1. The van der Waals surface area contributed by atoms with E-state index in [0.717, 1.165) is 30.2 Å². The number of rotatable bonds is 5. The van der Waals surface area contributed by atoms with E-state index in [1.807, 2.05) is 24.3 Å². The third-order valence-electron chi connectivity index (χ3n) is 3.89. The molecule has 2 rings (SSSR count). The van der Waals surface area contributed by atoms with Crippen LogP contribution in [0.2, 0.25) is 5.02 Å². The standard InChI is InChI=1S/C15H23ClN2O/c1-18(14-6-4-13(17)5-7-14)10-11-19-15-8-2-12(16)3-9-15/h2-3,8-9,13-14H,4-7,10-11,17H2,1H3. The first kappa shape index (κ1) is 14.6. The van der Waals surface area contributed by atoms with E-state index in [2.05, 4.69) is 11.9 Å². The zero-order valence-electron chi connectivity index (χ0n) is 11.5. The molecule has 106 valence electrons. The lowest BCUT2D eigenvalue weighted by Crippen LogP contribution is -2.40. The van der Waals surface area contributed by atoms with Gasteiger partial charge >= 0.3 is 0 Å². The number of nitrogens with two attached hydrogens (primary N) is 1. The number of likely N-dealkylation sites (N-methyl/N-ethyl adjacent to an activating group) is 1. The van der Waals surface area contributed by atoms with Crippen LogP contribution in [0.15, 0.2) is 24.3 Å². The maximum absolute atomic E-state index is 5.93. The van der Waals surface area contributed by atoms with Gasteiger partial charge in [-0.2, -0.15) is 0 Å². The summed E-state index contributed by atoms with van der Waals surface area (Å²) < 4.78 is 5.72. The Morgan fingerprint density at radius 2 is 1.84 bits per heavy atom. The van der Waals surface area contributed by atoms with E-state index in [1.165, 1.54) is 12.8 Å². The third kappa shape index (κ3) is 4.68. The molecule has 0 heterocycles. The Morgan fingerprint density at radius 1 is 1.21 bits per heavy atom. The quantitative estimate of drug-likeness (QED) is 0.902. The van der Waals surface area contributed by atoms with E-state index >= 15 is 0 Å². The predicted octanol–water partition coefficient (Wildman–Crippen LogP) is 2.92. The minimum absolute atomic E-state index is 0.412. The van der Waals surface area contributed by atoms with Crippen LogP contribution in [0.25, 0.3) is 0 Å². The molecule has 0 atom stereocenters. The Kier molecular flexibility index (Phi) is 5.49. The van der Waals surface area contributed by atoms with Gasteiger partial charge < -0.3 is 15.4 Å². The molecule has 19 heavy (non-hydrogen) atoms. The van der Waals surface area contributed by atoms with Gasteiger partial charge in [-0.15, -0.1) is 0 Å². The van der Waals surface area contributed by atoms with E-state index < -0.39 is 0 Å². The minimum atomic E-state index is 0.412. The molecule has 4 heteroatoms. The van der Waals surface area contributed by atoms with E-state index in [4.69, 9.17) is 22.1 Å². The van der Waals surface area contributed by atoms with Crippen molar-refractivity contribution in [3.05, 3.63) is 29.3 Å². The van der Waals surface area contributed by atoms with Gasteiger partial charge in [0.25, 0.3) is 0 Å². The van der Waals surface area contributed by atoms with Gasteiger partial charge in [0, 0.05) is 23.7 Å². The van der Waals surface area contributed by atoms with Gasteiger partial charge in [0.15, 0.2) is 0 Å². The van der Waals surface area contributed by atoms with Crippen LogP contribution < -0.4 is 10.5 Å². The average Bonchev–Trinajstić information content (AvgIpc) is 2.41. The Morgan fingerprint density at radius 3 is 2.47 bits per heavy atom. The monoisotopic (exact) mass is 282 g/mol. The summed E-state index contributed by atoms with van der Waals surface area (Å²) in [6.45, 7) is 1.66. The second-order valence-corrected chi connectivity index (χ2v) is 5.79. The van der Waals surface area contributed by atoms with Gasteiger partial charge in [0.1, 0.15) is 12.4 Å². The normalized spacial score (nSPS) is 23.6. The van der Waals surface area contributed by atoms with E-state index in [9.17, 15) is 0 Å². The molecule has 0 amide bonds. The lowest BCUT2D eigenvalue weighted by Gasteiger charge is -2.33. The van der Waals surface area contributed by atoms with Crippen molar-refractivity contribution in [2.75, 3.05) is 20.2 Å². The Balaban J connectivity index is 1.69. The number of benzene rings is 1. The highest BCUT2D eigenvalue weighted by molar-refractivity contribution is 6.30. The van der Waals surface area contributed by atoms with Crippen molar-refractivity contribution in [1.29, 1.82) is 0 Å². The van der Waals surface area contributed by atoms with Crippen LogP contribution in [-0.4, -0.2) is 37.2 Å². The smallest absolute Gasteiger partial charge is 0.119 e. The van der Waals surface area contributed by atoms with Crippen molar-refractivity contribution < 1.29 is 4.74 Å². The molecule has 0 aromatic heterocycles. The maximum Gasteiger partial charge on any atom is 0.119 e. The molecule has 1 fully saturated rings. The van der Waals surface area contributed by atoms with Crippen LogP contribution in [0.4, 0.5) is 0 Å². The molecule has 0 aliphatic heterocycles. The summed E-state index contributed by atoms with van der Waals surface area (Å²) in [6.07, 6.45) is 4.71. The molecule has 1 aliphatic carbocycles. The number of nitrogens with zero attached hydrogens (tertiary/aromatic N) is 1. The fourth-order valence-corrected chi connectivity index (χ4v) is 2.69. The van der Waals surface area contributed by atoms with Crippen molar-refractivity contribution in [3.63, 3.8) is 0 Å². The Bertz CT molecular complexity index is 374. The molecule has 3 nitrogen and oxygen atoms in total. The van der Waals surface area contributed by atoms with Crippen LogP contribution in [0.3, 0.4) is 0 Å². The molecular formula is C15H23ClN2O. The van der Waals surface area contributed by atoms with Crippen molar-refractivity contribution >= 4 is 11.6 Å². The predicted molar refractivity (Wildman–Crippen MR) is 79.8 cm³/mol. The highest BCUT2D eigenvalue weighted by Crippen LogP contribution is 2.21. The number of halogens is 1. The Hall–Kier alpha value is -0.770. The molecule has 2 N–H and O–H groups in total. The van der Waals surface area contributed by atoms with Gasteiger partial charge in [-0.1, -0.05) is 11.6 Å². The topological polar surface area (TPSA) is 38.5 Å². The van der Waals surface area contributed by atoms with Gasteiger partial charge in [-0.25, -0.2) is 0 Å². The van der Waals surface area contributed by atoms with Crippen molar-refractivity contribution in [2.45, 2.75) is 37.8 Å². The van der Waals surface area contributed by atoms with Gasteiger partial charge in [0.2, 0.25) is 0 Å². The van der Waals surface area contributed by atoms with Gasteiger partial charge in [0.05, 0.1) is 0 Å². The summed E-state index contributed by atoms with van der Waals surface area (Å²) in [5.41, 5.74) is 5.93. The van der Waals surface area contributed by atoms with Crippen molar-refractivity contribution in [2.24, 2.45) is 5.73 Å². The third-order valence-corrected chi connectivity index (χ3v) is 4.14. The first-order valence-electron chi connectivity index (χ1n) is 6.99. The first-order valence-corrected chi connectivity index (χ1v) is 7.37. The first-order chi connectivity index (χ1) is 9.15. The van der Waals surface area contributed by atoms with E-state index in [-0.39, 0.29) is 0 Å². The van der Waals surface area contributed by atoms with Gasteiger partial charge in [-0.05, 0) is 57.0 Å². The minimum Gasteiger partial charge on any atom is -0.492 e. The summed E-state index contributed by atoms with van der Waals surface area (Å²) in [6, 6.07) is 8.58. The van der Waals surface area contributed by atoms with E-state index in [0.29, 0.717) is 18.7 Å². The van der Waals surface area contributed by atoms with Crippen LogP contribution in [0, 0.1) is 0 Å². The summed E-state index contributed by atoms with van der Waals surface area (Å²) in [5.74, 6) is 0.878. The molecule has 0 spiro atoms. The highest BCUT2D eigenvalue weighted by atomic mass is 35.5. The van der Waals surface area contributed by atoms with Crippen LogP contribution in [0.5, 0.6) is 5.75 Å². The molecular weight excluding hydrogens is 260 g/mol. The molecule has 0 bridgehead atoms. The molecule has 1 aliphatic rings. The molecule has 1 aromatic carbocycles. The van der Waals surface area contributed by atoms with Crippen LogP contribution in [0.1, 0.15) is 25.7 Å².